The molecule has 0 spiro atoms. The minimum absolute atomic E-state index is 0.0144. The Morgan fingerprint density at radius 2 is 0.932 bits per heavy atom. The van der Waals surface area contributed by atoms with Crippen LogP contribution in [0.1, 0.15) is 51.5 Å². The third kappa shape index (κ3) is 15.9. The molecule has 2 aliphatic heterocycles. The van der Waals surface area contributed by atoms with E-state index in [1.54, 1.807) is 30.3 Å². The van der Waals surface area contributed by atoms with Crippen molar-refractivity contribution in [2.24, 2.45) is 0 Å². The van der Waals surface area contributed by atoms with Crippen LogP contribution >= 0.6 is 11.8 Å². The summed E-state index contributed by atoms with van der Waals surface area (Å²) in [5.74, 6) is -2.11. The summed E-state index contributed by atoms with van der Waals surface area (Å²) >= 11 is 1.53. The zero-order valence-electron chi connectivity index (χ0n) is 41.1. The number of carbonyl (C=O) groups excluding carboxylic acids is 3. The molecule has 8 rings (SSSR count). The van der Waals surface area contributed by atoms with Crippen molar-refractivity contribution in [2.45, 2.75) is 107 Å². The Kier molecular flexibility index (Phi) is 20.8. The third-order valence-corrected chi connectivity index (χ3v) is 13.3. The summed E-state index contributed by atoms with van der Waals surface area (Å²) < 4.78 is 63.2. The predicted octanol–water partition coefficient (Wildman–Crippen LogP) is 8.81. The van der Waals surface area contributed by atoms with Gasteiger partial charge >= 0.3 is 17.9 Å². The fourth-order valence-electron chi connectivity index (χ4n) is 8.52. The van der Waals surface area contributed by atoms with Crippen molar-refractivity contribution < 1.29 is 66.9 Å². The molecular formula is C59H62O14S. The normalized spacial score (nSPS) is 23.6. The first-order valence-electron chi connectivity index (χ1n) is 24.8. The SMILES string of the molecule is CCS[C@H]1O[C@H](COC(=O)CC(=O)O[C@H]2[C@H](O)[C@@H](COCc3ccccc3)O[C@H](OCc3ccccc3)[C@H]2OC(=O)c2ccccc2)[C@@H](OCc2ccccc2)[C@H](OCc2ccccc2)[C@@H]1OCc1ccccc1. The summed E-state index contributed by atoms with van der Waals surface area (Å²) in [6, 6.07) is 56.1. The van der Waals surface area contributed by atoms with Gasteiger partial charge in [-0.1, -0.05) is 177 Å². The zero-order chi connectivity index (χ0) is 51.3. The molecule has 0 bridgehead atoms. The van der Waals surface area contributed by atoms with Gasteiger partial charge in [-0.05, 0) is 45.7 Å². The van der Waals surface area contributed by atoms with E-state index in [9.17, 15) is 19.5 Å². The van der Waals surface area contributed by atoms with Gasteiger partial charge in [-0.3, -0.25) is 9.59 Å². The number of carbonyl (C=O) groups is 3. The van der Waals surface area contributed by atoms with Crippen molar-refractivity contribution in [3.8, 4) is 0 Å². The molecule has 0 amide bonds. The number of aliphatic hydroxyl groups excluding tert-OH is 1. The molecule has 0 unspecified atom stereocenters. The van der Waals surface area contributed by atoms with Crippen molar-refractivity contribution in [3.63, 3.8) is 0 Å². The highest BCUT2D eigenvalue weighted by Gasteiger charge is 2.52. The zero-order valence-corrected chi connectivity index (χ0v) is 41.9. The fourth-order valence-corrected chi connectivity index (χ4v) is 9.50. The van der Waals surface area contributed by atoms with Crippen molar-refractivity contribution >= 4 is 29.7 Å². The highest BCUT2D eigenvalue weighted by molar-refractivity contribution is 7.99. The number of rotatable bonds is 25. The van der Waals surface area contributed by atoms with E-state index in [1.807, 2.05) is 159 Å². The smallest absolute Gasteiger partial charge is 0.338 e. The van der Waals surface area contributed by atoms with Crippen LogP contribution in [0, 0.1) is 0 Å². The van der Waals surface area contributed by atoms with Crippen LogP contribution in [0.2, 0.25) is 0 Å². The van der Waals surface area contributed by atoms with Crippen LogP contribution < -0.4 is 0 Å². The van der Waals surface area contributed by atoms with Crippen LogP contribution in [0.25, 0.3) is 0 Å². The lowest BCUT2D eigenvalue weighted by Gasteiger charge is -2.45. The Morgan fingerprint density at radius 3 is 1.45 bits per heavy atom. The van der Waals surface area contributed by atoms with Crippen molar-refractivity contribution in [1.82, 2.24) is 0 Å². The van der Waals surface area contributed by atoms with Gasteiger partial charge in [-0.2, -0.15) is 0 Å². The number of esters is 3. The first-order valence-corrected chi connectivity index (χ1v) is 25.8. The minimum atomic E-state index is -1.60. The summed E-state index contributed by atoms with van der Waals surface area (Å²) in [5, 5.41) is 11.9. The molecule has 10 atom stereocenters. The maximum Gasteiger partial charge on any atom is 0.338 e. The van der Waals surface area contributed by atoms with E-state index in [0.29, 0.717) is 5.75 Å². The van der Waals surface area contributed by atoms with E-state index < -0.39 is 84.9 Å². The maximum atomic E-state index is 14.0. The molecule has 0 aliphatic carbocycles. The molecule has 0 radical (unpaired) electrons. The monoisotopic (exact) mass is 1030 g/mol. The van der Waals surface area contributed by atoms with E-state index >= 15 is 0 Å². The van der Waals surface area contributed by atoms with Gasteiger partial charge < -0.3 is 52.5 Å². The summed E-state index contributed by atoms with van der Waals surface area (Å²) in [6.45, 7) is 2.44. The molecule has 2 aliphatic rings. The van der Waals surface area contributed by atoms with E-state index in [2.05, 4.69) is 0 Å². The van der Waals surface area contributed by atoms with E-state index in [1.165, 1.54) is 11.8 Å². The minimum Gasteiger partial charge on any atom is -0.462 e. The second kappa shape index (κ2) is 28.4. The Bertz CT molecular complexity index is 2580. The summed E-state index contributed by atoms with van der Waals surface area (Å²) in [5.41, 5.74) is 4.10. The number of ether oxygens (including phenoxy) is 10. The molecule has 2 saturated heterocycles. The first-order chi connectivity index (χ1) is 36.3. The topological polar surface area (TPSA) is 164 Å². The lowest BCUT2D eigenvalue weighted by atomic mass is 9.98. The molecule has 14 nitrogen and oxygen atoms in total. The van der Waals surface area contributed by atoms with Crippen molar-refractivity contribution in [2.75, 3.05) is 19.0 Å². The molecule has 6 aromatic rings. The second-order valence-electron chi connectivity index (χ2n) is 17.7. The average molecular weight is 1030 g/mol. The Hall–Kier alpha value is -6.24. The number of aliphatic hydroxyl groups is 1. The van der Waals surface area contributed by atoms with Crippen LogP contribution in [-0.2, 0) is 90.0 Å². The van der Waals surface area contributed by atoms with Crippen LogP contribution in [0.5, 0.6) is 0 Å². The van der Waals surface area contributed by atoms with Gasteiger partial charge in [0.2, 0.25) is 0 Å². The van der Waals surface area contributed by atoms with Gasteiger partial charge in [0.25, 0.3) is 0 Å². The lowest BCUT2D eigenvalue weighted by molar-refractivity contribution is -0.307. The molecular weight excluding hydrogens is 965 g/mol. The number of thioether (sulfide) groups is 1. The number of hydrogen-bond donors (Lipinski definition) is 1. The van der Waals surface area contributed by atoms with Crippen LogP contribution in [-0.4, -0.2) is 103 Å². The van der Waals surface area contributed by atoms with Crippen molar-refractivity contribution in [1.29, 1.82) is 0 Å². The third-order valence-electron chi connectivity index (χ3n) is 12.3. The second-order valence-corrected chi connectivity index (χ2v) is 19.0. The van der Waals surface area contributed by atoms with Gasteiger partial charge in [-0.25, -0.2) is 4.79 Å². The van der Waals surface area contributed by atoms with E-state index in [4.69, 9.17) is 47.4 Å². The standard InChI is InChI=1S/C59H62O14S/c1-2-74-59-56(68-37-44-27-15-6-16-28-44)54(67-36-43-25-13-5-14-26-43)52(66-35-42-23-11-4-12-24-42)48(71-59)40-65-49(60)33-50(61)72-53-51(62)47(39-64-34-41-21-9-3-10-22-41)70-58(69-38-45-29-17-7-18-30-45)55(53)73-57(63)46-31-19-8-20-32-46/h3-32,47-48,51-56,58-59,62H,2,33-40H2,1H3/t47-,48-,51-,52-,53+,54+,55+,56+,58+,59-/m1/s1. The molecule has 6 aromatic carbocycles. The average Bonchev–Trinajstić information content (AvgIpc) is 3.44. The summed E-state index contributed by atoms with van der Waals surface area (Å²) in [6.07, 6.45) is -11.1. The van der Waals surface area contributed by atoms with Crippen LogP contribution in [0.15, 0.2) is 182 Å². The number of hydrogen-bond acceptors (Lipinski definition) is 15. The molecule has 15 heteroatoms. The van der Waals surface area contributed by atoms with Crippen LogP contribution in [0.4, 0.5) is 0 Å². The van der Waals surface area contributed by atoms with E-state index in [0.717, 1.165) is 27.8 Å². The molecule has 388 valence electrons. The molecule has 0 aromatic heterocycles. The molecule has 2 fully saturated rings. The highest BCUT2D eigenvalue weighted by atomic mass is 32.2. The van der Waals surface area contributed by atoms with Crippen LogP contribution in [0.3, 0.4) is 0 Å². The van der Waals surface area contributed by atoms with Gasteiger partial charge in [-0.15, -0.1) is 11.8 Å². The van der Waals surface area contributed by atoms with Gasteiger partial charge in [0.05, 0.1) is 45.2 Å². The summed E-state index contributed by atoms with van der Waals surface area (Å²) in [7, 11) is 0. The number of benzene rings is 6. The highest BCUT2D eigenvalue weighted by Crippen LogP contribution is 2.36. The molecule has 2 heterocycles. The quantitative estimate of drug-likeness (QED) is 0.0329. The summed E-state index contributed by atoms with van der Waals surface area (Å²) in [4.78, 5) is 41.5. The van der Waals surface area contributed by atoms with E-state index in [-0.39, 0.29) is 51.8 Å². The lowest BCUT2D eigenvalue weighted by Crippen LogP contribution is -2.62. The predicted molar refractivity (Wildman–Crippen MR) is 275 cm³/mol. The Balaban J connectivity index is 1.01. The molecule has 0 saturated carbocycles. The van der Waals surface area contributed by atoms with Gasteiger partial charge in [0.15, 0.2) is 18.5 Å². The Labute approximate surface area is 436 Å². The largest absolute Gasteiger partial charge is 0.462 e. The maximum absolute atomic E-state index is 14.0. The fraction of sp³-hybridized carbons (Fsp3) is 0.339. The molecule has 74 heavy (non-hydrogen) atoms. The van der Waals surface area contributed by atoms with Gasteiger partial charge in [0.1, 0.15) is 55.1 Å². The van der Waals surface area contributed by atoms with Gasteiger partial charge in [0, 0.05) is 0 Å². The Morgan fingerprint density at radius 1 is 0.473 bits per heavy atom. The molecule has 1 N–H and O–H groups in total. The first kappa shape index (κ1) is 54.0. The van der Waals surface area contributed by atoms with Crippen molar-refractivity contribution in [3.05, 3.63) is 215 Å².